The second-order valence-corrected chi connectivity index (χ2v) is 2.76. The monoisotopic (exact) mass is 193 g/mol. The SMILES string of the molecule is [B+2]c1ccc(N(CC)CC)cc1.[OH-].[OH-]. The molecule has 0 saturated heterocycles. The van der Waals surface area contributed by atoms with Gasteiger partial charge in [-0.1, -0.05) is 0 Å². The van der Waals surface area contributed by atoms with Crippen molar-refractivity contribution in [2.75, 3.05) is 18.0 Å². The summed E-state index contributed by atoms with van der Waals surface area (Å²) in [6.45, 7) is 6.39. The van der Waals surface area contributed by atoms with Crippen LogP contribution in [-0.2, 0) is 0 Å². The molecule has 0 aliphatic carbocycles. The van der Waals surface area contributed by atoms with E-state index in [1.165, 1.54) is 5.69 Å². The summed E-state index contributed by atoms with van der Waals surface area (Å²) in [5, 5.41) is 0. The molecule has 0 amide bonds. The quantitative estimate of drug-likeness (QED) is 0.672. The van der Waals surface area contributed by atoms with Crippen LogP contribution in [-0.4, -0.2) is 31.9 Å². The number of benzene rings is 1. The molecule has 3 nitrogen and oxygen atoms in total. The Morgan fingerprint density at radius 1 is 1.00 bits per heavy atom. The number of nitrogens with zero attached hydrogens (tertiary/aromatic N) is 1. The van der Waals surface area contributed by atoms with Gasteiger partial charge < -0.3 is 11.0 Å². The first-order chi connectivity index (χ1) is 5.77. The summed E-state index contributed by atoms with van der Waals surface area (Å²) in [5.41, 5.74) is 2.07. The zero-order valence-electron chi connectivity index (χ0n) is 8.64. The number of rotatable bonds is 3. The minimum absolute atomic E-state index is 0. The van der Waals surface area contributed by atoms with E-state index in [0.29, 0.717) is 0 Å². The summed E-state index contributed by atoms with van der Waals surface area (Å²) in [7, 11) is 5.59. The predicted molar refractivity (Wildman–Crippen MR) is 59.3 cm³/mol. The van der Waals surface area contributed by atoms with E-state index >= 15 is 0 Å². The summed E-state index contributed by atoms with van der Waals surface area (Å²) >= 11 is 0. The van der Waals surface area contributed by atoms with Crippen molar-refractivity contribution >= 4 is 19.0 Å². The first-order valence-corrected chi connectivity index (χ1v) is 4.38. The van der Waals surface area contributed by atoms with Gasteiger partial charge in [0.25, 0.3) is 0 Å². The maximum absolute atomic E-state index is 5.59. The van der Waals surface area contributed by atoms with Crippen LogP contribution in [0.15, 0.2) is 24.3 Å². The zero-order valence-corrected chi connectivity index (χ0v) is 8.64. The maximum Gasteiger partial charge on any atom is -0.870 e. The molecule has 0 spiro atoms. The molecule has 0 fully saturated rings. The molecule has 0 heterocycles. The second kappa shape index (κ2) is 7.41. The average molecular weight is 193 g/mol. The molecular formula is C10H16BNO2. The van der Waals surface area contributed by atoms with Gasteiger partial charge in [0.2, 0.25) is 0 Å². The van der Waals surface area contributed by atoms with Crippen molar-refractivity contribution in [1.29, 1.82) is 0 Å². The van der Waals surface area contributed by atoms with Gasteiger partial charge in [-0.15, -0.1) is 0 Å². The van der Waals surface area contributed by atoms with Crippen LogP contribution in [0.1, 0.15) is 13.8 Å². The van der Waals surface area contributed by atoms with Gasteiger partial charge in [-0.3, -0.25) is 0 Å². The second-order valence-electron chi connectivity index (χ2n) is 2.76. The van der Waals surface area contributed by atoms with Crippen molar-refractivity contribution < 1.29 is 11.0 Å². The van der Waals surface area contributed by atoms with Gasteiger partial charge in [-0.05, 0) is 0 Å². The van der Waals surface area contributed by atoms with Crippen LogP contribution in [0.3, 0.4) is 0 Å². The molecule has 4 heteroatoms. The molecule has 0 aliphatic rings. The largest absolute Gasteiger partial charge is 0.870 e. The van der Waals surface area contributed by atoms with E-state index in [1.54, 1.807) is 0 Å². The van der Waals surface area contributed by atoms with Crippen LogP contribution in [0, 0.1) is 0 Å². The Labute approximate surface area is 86.8 Å². The minimum atomic E-state index is 0. The van der Waals surface area contributed by atoms with Gasteiger partial charge in [0.15, 0.2) is 0 Å². The third kappa shape index (κ3) is 3.81. The summed E-state index contributed by atoms with van der Waals surface area (Å²) in [4.78, 5) is 2.29. The number of anilines is 1. The Hall–Kier alpha value is -0.995. The van der Waals surface area contributed by atoms with E-state index in [2.05, 4.69) is 30.9 Å². The van der Waals surface area contributed by atoms with Crippen molar-refractivity contribution in [3.8, 4) is 0 Å². The summed E-state index contributed by atoms with van der Waals surface area (Å²) in [6, 6.07) is 7.99. The van der Waals surface area contributed by atoms with Crippen LogP contribution < -0.4 is 10.4 Å². The van der Waals surface area contributed by atoms with Crippen LogP contribution in [0.2, 0.25) is 0 Å². The topological polar surface area (TPSA) is 63.2 Å². The maximum atomic E-state index is 5.59. The Morgan fingerprint density at radius 3 is 1.79 bits per heavy atom. The first-order valence-electron chi connectivity index (χ1n) is 4.38. The smallest absolute Gasteiger partial charge is 0.870 e. The van der Waals surface area contributed by atoms with Crippen molar-refractivity contribution in [3.05, 3.63) is 24.3 Å². The van der Waals surface area contributed by atoms with Gasteiger partial charge in [0, 0.05) is 0 Å². The Morgan fingerprint density at radius 2 is 1.43 bits per heavy atom. The van der Waals surface area contributed by atoms with Crippen molar-refractivity contribution in [2.24, 2.45) is 0 Å². The molecule has 0 saturated carbocycles. The van der Waals surface area contributed by atoms with Crippen LogP contribution in [0.25, 0.3) is 0 Å². The summed E-state index contributed by atoms with van der Waals surface area (Å²) < 4.78 is 0. The number of hydrogen-bond acceptors (Lipinski definition) is 3. The summed E-state index contributed by atoms with van der Waals surface area (Å²) in [6.07, 6.45) is 0. The number of hydrogen-bond donors (Lipinski definition) is 0. The van der Waals surface area contributed by atoms with Gasteiger partial charge in [0.05, 0.1) is 0 Å². The first kappa shape index (κ1) is 15.5. The molecule has 14 heavy (non-hydrogen) atoms. The predicted octanol–water partition coefficient (Wildman–Crippen LogP) is 0.973. The van der Waals surface area contributed by atoms with Crippen molar-refractivity contribution in [3.63, 3.8) is 0 Å². The minimum Gasteiger partial charge on any atom is -0.870 e. The molecule has 2 N–H and O–H groups in total. The Bertz CT molecular complexity index is 234. The fourth-order valence-electron chi connectivity index (χ4n) is 1.27. The fourth-order valence-corrected chi connectivity index (χ4v) is 1.27. The summed E-state index contributed by atoms with van der Waals surface area (Å²) in [5.74, 6) is 0. The van der Waals surface area contributed by atoms with Crippen LogP contribution in [0.4, 0.5) is 5.69 Å². The van der Waals surface area contributed by atoms with Gasteiger partial charge >= 0.3 is 75.1 Å². The fraction of sp³-hybridized carbons (Fsp3) is 0.400. The third-order valence-corrected chi connectivity index (χ3v) is 2.02. The van der Waals surface area contributed by atoms with Gasteiger partial charge in [-0.2, -0.15) is 0 Å². The molecule has 1 aromatic carbocycles. The molecule has 76 valence electrons. The van der Waals surface area contributed by atoms with E-state index in [0.717, 1.165) is 18.6 Å². The molecule has 0 radical (unpaired) electrons. The Kier molecular flexibility index (Phi) is 8.19. The van der Waals surface area contributed by atoms with Crippen molar-refractivity contribution in [2.45, 2.75) is 13.8 Å². The van der Waals surface area contributed by atoms with E-state index in [9.17, 15) is 0 Å². The van der Waals surface area contributed by atoms with Crippen molar-refractivity contribution in [1.82, 2.24) is 0 Å². The van der Waals surface area contributed by atoms with Crippen LogP contribution in [0.5, 0.6) is 0 Å². The molecule has 0 atom stereocenters. The van der Waals surface area contributed by atoms with E-state index in [1.807, 2.05) is 12.1 Å². The van der Waals surface area contributed by atoms with Gasteiger partial charge in [-0.25, -0.2) is 0 Å². The van der Waals surface area contributed by atoms with E-state index < -0.39 is 0 Å². The zero-order chi connectivity index (χ0) is 8.97. The normalized spacial score (nSPS) is 8.57. The molecule has 0 bridgehead atoms. The van der Waals surface area contributed by atoms with Gasteiger partial charge in [0.1, 0.15) is 0 Å². The molecule has 1 rings (SSSR count). The molecule has 0 unspecified atom stereocenters. The standard InChI is InChI=1S/C10H14BN.2H2O/c1-3-12(4-2)10-7-5-9(11)6-8-10;;/h5-8H,3-4H2,1-2H3;2*1H2/q+2;;/p-2. The molecule has 0 aromatic heterocycles. The molecule has 1 aromatic rings. The third-order valence-electron chi connectivity index (χ3n) is 2.02. The van der Waals surface area contributed by atoms with Crippen LogP contribution >= 0.6 is 0 Å². The average Bonchev–Trinajstić information content (AvgIpc) is 2.10. The molecule has 0 aliphatic heterocycles. The molecular weight excluding hydrogens is 177 g/mol. The van der Waals surface area contributed by atoms with E-state index in [4.69, 9.17) is 7.85 Å². The Balaban J connectivity index is 0. The van der Waals surface area contributed by atoms with E-state index in [-0.39, 0.29) is 11.0 Å².